The molecular formula is C17H16F3N3OS. The van der Waals surface area contributed by atoms with Crippen LogP contribution in [0.4, 0.5) is 24.5 Å². The summed E-state index contributed by atoms with van der Waals surface area (Å²) in [5, 5.41) is 7.92. The van der Waals surface area contributed by atoms with Crippen molar-refractivity contribution in [1.82, 2.24) is 5.32 Å². The molecule has 0 heterocycles. The first-order chi connectivity index (χ1) is 11.9. The van der Waals surface area contributed by atoms with Crippen LogP contribution in [0.3, 0.4) is 0 Å². The van der Waals surface area contributed by atoms with Gasteiger partial charge in [0.05, 0.1) is 12.2 Å². The predicted molar refractivity (Wildman–Crippen MR) is 95.0 cm³/mol. The van der Waals surface area contributed by atoms with Gasteiger partial charge >= 0.3 is 0 Å². The van der Waals surface area contributed by atoms with Crippen LogP contribution in [0, 0.1) is 17.5 Å². The largest absolute Gasteiger partial charge is 0.353 e. The second-order valence-corrected chi connectivity index (χ2v) is 5.54. The standard InChI is InChI=1S/C17H16F3N3OS/c1-2-10-4-3-5-11(8-10)22-17(25)21-9-14(24)23-13-7-6-12(18)15(19)16(13)20/h3-8H,2,9H2,1H3,(H,23,24)(H2,21,22,25). The van der Waals surface area contributed by atoms with Gasteiger partial charge in [-0.15, -0.1) is 0 Å². The molecule has 0 fully saturated rings. The minimum Gasteiger partial charge on any atom is -0.353 e. The van der Waals surface area contributed by atoms with Crippen LogP contribution in [0.5, 0.6) is 0 Å². The lowest BCUT2D eigenvalue weighted by Gasteiger charge is -2.12. The van der Waals surface area contributed by atoms with Crippen molar-refractivity contribution in [2.45, 2.75) is 13.3 Å². The number of carbonyl (C=O) groups is 1. The molecule has 0 aromatic heterocycles. The van der Waals surface area contributed by atoms with E-state index in [9.17, 15) is 18.0 Å². The number of carbonyl (C=O) groups excluding carboxylic acids is 1. The molecule has 132 valence electrons. The highest BCUT2D eigenvalue weighted by atomic mass is 32.1. The molecule has 2 rings (SSSR count). The van der Waals surface area contributed by atoms with Gasteiger partial charge in [-0.2, -0.15) is 0 Å². The van der Waals surface area contributed by atoms with Crippen LogP contribution in [-0.2, 0) is 11.2 Å². The molecule has 2 aromatic carbocycles. The highest BCUT2D eigenvalue weighted by Crippen LogP contribution is 2.19. The van der Waals surface area contributed by atoms with E-state index in [0.717, 1.165) is 29.8 Å². The summed E-state index contributed by atoms with van der Waals surface area (Å²) < 4.78 is 39.5. The first-order valence-electron chi connectivity index (χ1n) is 7.48. The number of thiocarbonyl (C=S) groups is 1. The average Bonchev–Trinajstić information content (AvgIpc) is 2.60. The van der Waals surface area contributed by atoms with Crippen molar-refractivity contribution < 1.29 is 18.0 Å². The Morgan fingerprint density at radius 2 is 1.84 bits per heavy atom. The lowest BCUT2D eigenvalue weighted by Crippen LogP contribution is -2.35. The Kier molecular flexibility index (Phi) is 6.35. The third-order valence-corrected chi connectivity index (χ3v) is 3.56. The molecule has 0 bridgehead atoms. The van der Waals surface area contributed by atoms with Gasteiger partial charge in [-0.3, -0.25) is 4.79 Å². The molecule has 0 saturated carbocycles. The van der Waals surface area contributed by atoms with E-state index >= 15 is 0 Å². The molecule has 0 aliphatic rings. The number of benzene rings is 2. The molecule has 8 heteroatoms. The van der Waals surface area contributed by atoms with Gasteiger partial charge < -0.3 is 16.0 Å². The van der Waals surface area contributed by atoms with Gasteiger partial charge in [0, 0.05) is 5.69 Å². The quantitative estimate of drug-likeness (QED) is 0.558. The Balaban J connectivity index is 1.87. The molecule has 25 heavy (non-hydrogen) atoms. The van der Waals surface area contributed by atoms with E-state index in [1.54, 1.807) is 0 Å². The van der Waals surface area contributed by atoms with Crippen molar-refractivity contribution in [3.05, 3.63) is 59.4 Å². The van der Waals surface area contributed by atoms with E-state index in [0.29, 0.717) is 0 Å². The maximum absolute atomic E-state index is 13.5. The Labute approximate surface area is 148 Å². The lowest BCUT2D eigenvalue weighted by molar-refractivity contribution is -0.115. The zero-order valence-electron chi connectivity index (χ0n) is 13.3. The number of amides is 1. The second-order valence-electron chi connectivity index (χ2n) is 5.13. The molecule has 1 amide bonds. The first-order valence-corrected chi connectivity index (χ1v) is 7.88. The normalized spacial score (nSPS) is 10.2. The monoisotopic (exact) mass is 367 g/mol. The predicted octanol–water partition coefficient (Wildman–Crippen LogP) is 3.59. The van der Waals surface area contributed by atoms with Gasteiger partial charge in [0.25, 0.3) is 0 Å². The number of anilines is 2. The fraction of sp³-hybridized carbons (Fsp3) is 0.176. The minimum atomic E-state index is -1.64. The molecule has 0 spiro atoms. The lowest BCUT2D eigenvalue weighted by atomic mass is 10.1. The van der Waals surface area contributed by atoms with Crippen LogP contribution in [0.1, 0.15) is 12.5 Å². The van der Waals surface area contributed by atoms with Crippen molar-refractivity contribution in [2.24, 2.45) is 0 Å². The summed E-state index contributed by atoms with van der Waals surface area (Å²) in [6.07, 6.45) is 0.873. The summed E-state index contributed by atoms with van der Waals surface area (Å²) >= 11 is 5.08. The molecule has 0 radical (unpaired) electrons. The smallest absolute Gasteiger partial charge is 0.243 e. The number of halogens is 3. The van der Waals surface area contributed by atoms with Crippen LogP contribution in [0.25, 0.3) is 0 Å². The number of nitrogens with one attached hydrogen (secondary N) is 3. The van der Waals surface area contributed by atoms with E-state index in [1.807, 2.05) is 31.2 Å². The highest BCUT2D eigenvalue weighted by Gasteiger charge is 2.15. The maximum Gasteiger partial charge on any atom is 0.243 e. The topological polar surface area (TPSA) is 53.2 Å². The molecule has 0 aliphatic carbocycles. The maximum atomic E-state index is 13.5. The van der Waals surface area contributed by atoms with Crippen molar-refractivity contribution in [3.8, 4) is 0 Å². The van der Waals surface area contributed by atoms with Crippen LogP contribution >= 0.6 is 12.2 Å². The molecule has 4 nitrogen and oxygen atoms in total. The minimum absolute atomic E-state index is 0.203. The summed E-state index contributed by atoms with van der Waals surface area (Å²) in [5.74, 6) is -5.08. The van der Waals surface area contributed by atoms with Crippen LogP contribution in [0.2, 0.25) is 0 Å². The van der Waals surface area contributed by atoms with Crippen molar-refractivity contribution >= 4 is 34.6 Å². The summed E-state index contributed by atoms with van der Waals surface area (Å²) in [7, 11) is 0. The zero-order chi connectivity index (χ0) is 18.4. The Morgan fingerprint density at radius 1 is 1.08 bits per heavy atom. The van der Waals surface area contributed by atoms with Gasteiger partial charge in [0.1, 0.15) is 0 Å². The fourth-order valence-corrected chi connectivity index (χ4v) is 2.21. The van der Waals surface area contributed by atoms with Crippen LogP contribution < -0.4 is 16.0 Å². The summed E-state index contributed by atoms with van der Waals surface area (Å²) in [6, 6.07) is 9.27. The summed E-state index contributed by atoms with van der Waals surface area (Å²) in [5.41, 5.74) is 1.45. The molecule has 2 aromatic rings. The first kappa shape index (κ1) is 18.7. The van der Waals surface area contributed by atoms with Gasteiger partial charge in [-0.25, -0.2) is 13.2 Å². The van der Waals surface area contributed by atoms with Crippen LogP contribution in [0.15, 0.2) is 36.4 Å². The molecule has 0 atom stereocenters. The Bertz CT molecular complexity index is 799. The van der Waals surface area contributed by atoms with Crippen LogP contribution in [-0.4, -0.2) is 17.6 Å². The van der Waals surface area contributed by atoms with Crippen molar-refractivity contribution in [3.63, 3.8) is 0 Å². The van der Waals surface area contributed by atoms with E-state index in [4.69, 9.17) is 12.2 Å². The third-order valence-electron chi connectivity index (χ3n) is 3.31. The molecule has 0 aliphatic heterocycles. The van der Waals surface area contributed by atoms with E-state index in [2.05, 4.69) is 16.0 Å². The van der Waals surface area contributed by atoms with Gasteiger partial charge in [0.15, 0.2) is 22.6 Å². The zero-order valence-corrected chi connectivity index (χ0v) is 14.1. The number of aryl methyl sites for hydroxylation is 1. The van der Waals surface area contributed by atoms with Gasteiger partial charge in [-0.05, 0) is 48.5 Å². The summed E-state index contributed by atoms with van der Waals surface area (Å²) in [4.78, 5) is 11.8. The van der Waals surface area contributed by atoms with Gasteiger partial charge in [0.2, 0.25) is 5.91 Å². The third kappa shape index (κ3) is 5.18. The van der Waals surface area contributed by atoms with Crippen molar-refractivity contribution in [2.75, 3.05) is 17.2 Å². The fourth-order valence-electron chi connectivity index (χ4n) is 2.02. The number of hydrogen-bond donors (Lipinski definition) is 3. The second kappa shape index (κ2) is 8.48. The van der Waals surface area contributed by atoms with Gasteiger partial charge in [-0.1, -0.05) is 19.1 Å². The molecule has 0 saturated heterocycles. The summed E-state index contributed by atoms with van der Waals surface area (Å²) in [6.45, 7) is 1.76. The Hall–Kier alpha value is -2.61. The SMILES string of the molecule is CCc1cccc(NC(=S)NCC(=O)Nc2ccc(F)c(F)c2F)c1. The molecular weight excluding hydrogens is 351 g/mol. The van der Waals surface area contributed by atoms with E-state index in [1.165, 1.54) is 0 Å². The van der Waals surface area contributed by atoms with E-state index in [-0.39, 0.29) is 11.7 Å². The van der Waals surface area contributed by atoms with Crippen molar-refractivity contribution in [1.29, 1.82) is 0 Å². The molecule has 3 N–H and O–H groups in total. The average molecular weight is 367 g/mol. The number of rotatable bonds is 5. The number of hydrogen-bond acceptors (Lipinski definition) is 2. The highest BCUT2D eigenvalue weighted by molar-refractivity contribution is 7.80. The van der Waals surface area contributed by atoms with E-state index < -0.39 is 29.0 Å². The molecule has 0 unspecified atom stereocenters. The Morgan fingerprint density at radius 3 is 2.56 bits per heavy atom.